The Morgan fingerprint density at radius 1 is 1.04 bits per heavy atom. The lowest BCUT2D eigenvalue weighted by molar-refractivity contribution is -0.0705. The number of hydrogen-bond acceptors (Lipinski definition) is 5. The Morgan fingerprint density at radius 2 is 1.71 bits per heavy atom. The van der Waals surface area contributed by atoms with Crippen LogP contribution in [0.4, 0.5) is 0 Å². The van der Waals surface area contributed by atoms with E-state index in [1.54, 1.807) is 0 Å². The van der Waals surface area contributed by atoms with E-state index in [1.807, 2.05) is 54.6 Å². The molecule has 6 nitrogen and oxygen atoms in total. The minimum Gasteiger partial charge on any atom is -0.336 e. The van der Waals surface area contributed by atoms with E-state index in [0.717, 1.165) is 21.8 Å². The highest BCUT2D eigenvalue weighted by molar-refractivity contribution is 14.1. The molecule has 0 spiro atoms. The number of halogens is 1. The van der Waals surface area contributed by atoms with Crippen LogP contribution in [0.2, 0.25) is 0 Å². The summed E-state index contributed by atoms with van der Waals surface area (Å²) in [5.74, 6) is 0. The summed E-state index contributed by atoms with van der Waals surface area (Å²) in [6.07, 6.45) is -2.15. The first kappa shape index (κ1) is 17.8. The Hall–Kier alpha value is -1.04. The van der Waals surface area contributed by atoms with Gasteiger partial charge in [0, 0.05) is 9.13 Å². The molecule has 0 aromatic heterocycles. The van der Waals surface area contributed by atoms with Crippen LogP contribution in [0.25, 0.3) is 0 Å². The quantitative estimate of drug-likeness (QED) is 0.694. The van der Waals surface area contributed by atoms with Crippen molar-refractivity contribution in [1.82, 2.24) is 4.72 Å². The van der Waals surface area contributed by atoms with Gasteiger partial charge in [0.05, 0.1) is 7.11 Å². The van der Waals surface area contributed by atoms with Gasteiger partial charge in [0.2, 0.25) is 0 Å². The van der Waals surface area contributed by atoms with Gasteiger partial charge in [0.25, 0.3) is 0 Å². The molecule has 2 aromatic carbocycles. The van der Waals surface area contributed by atoms with Crippen LogP contribution < -0.4 is 4.72 Å². The van der Waals surface area contributed by atoms with Crippen LogP contribution in [-0.2, 0) is 24.0 Å². The highest BCUT2D eigenvalue weighted by Crippen LogP contribution is 2.40. The van der Waals surface area contributed by atoms with E-state index in [1.165, 1.54) is 0 Å². The zero-order chi connectivity index (χ0) is 17.2. The molecule has 128 valence electrons. The Bertz CT molecular complexity index is 799. The van der Waals surface area contributed by atoms with E-state index in [2.05, 4.69) is 31.5 Å². The Labute approximate surface area is 154 Å². The molecule has 1 saturated heterocycles. The van der Waals surface area contributed by atoms with Gasteiger partial charge in [-0.15, -0.1) is 0 Å². The standard InChI is InChI=1S/C16H16INO5S/c1-21-24(19,20)18-15-14(12-9-5-6-10-13(12)17)22-16(23-15)11-7-3-2-4-8-11/h2-10,14-16,18H,1H3/t14-,15-,16?/m1/s1. The second-order valence-corrected chi connectivity index (χ2v) is 7.76. The minimum absolute atomic E-state index is 0.590. The SMILES string of the molecule is COS(=O)(=O)N[C@@H]1OC(c2ccccc2)O[C@@H]1c1ccccc1I. The lowest BCUT2D eigenvalue weighted by Gasteiger charge is -2.18. The molecule has 2 aromatic rings. The van der Waals surface area contributed by atoms with Crippen LogP contribution in [0.5, 0.6) is 0 Å². The second-order valence-electron chi connectivity index (χ2n) is 5.12. The highest BCUT2D eigenvalue weighted by Gasteiger charge is 2.41. The number of hydrogen-bond donors (Lipinski definition) is 1. The van der Waals surface area contributed by atoms with Gasteiger partial charge in [-0.05, 0) is 34.2 Å². The molecular weight excluding hydrogens is 445 g/mol. The summed E-state index contributed by atoms with van der Waals surface area (Å²) >= 11 is 2.18. The molecule has 0 saturated carbocycles. The van der Waals surface area contributed by atoms with Gasteiger partial charge >= 0.3 is 10.3 Å². The van der Waals surface area contributed by atoms with Gasteiger partial charge in [-0.25, -0.2) is 0 Å². The Kier molecular flexibility index (Phi) is 5.52. The van der Waals surface area contributed by atoms with E-state index in [4.69, 9.17) is 9.47 Å². The van der Waals surface area contributed by atoms with Crippen molar-refractivity contribution in [2.24, 2.45) is 0 Å². The Morgan fingerprint density at radius 3 is 2.38 bits per heavy atom. The third-order valence-electron chi connectivity index (χ3n) is 3.58. The van der Waals surface area contributed by atoms with Gasteiger partial charge in [-0.2, -0.15) is 13.1 Å². The second kappa shape index (κ2) is 7.46. The monoisotopic (exact) mass is 461 g/mol. The third kappa shape index (κ3) is 3.95. The molecule has 0 bridgehead atoms. The predicted octanol–water partition coefficient (Wildman–Crippen LogP) is 2.88. The molecule has 1 fully saturated rings. The molecule has 8 heteroatoms. The van der Waals surface area contributed by atoms with Crippen LogP contribution >= 0.6 is 22.6 Å². The van der Waals surface area contributed by atoms with E-state index < -0.39 is 28.9 Å². The van der Waals surface area contributed by atoms with Crippen LogP contribution in [0.15, 0.2) is 54.6 Å². The van der Waals surface area contributed by atoms with E-state index in [0.29, 0.717) is 0 Å². The lowest BCUT2D eigenvalue weighted by Crippen LogP contribution is -2.38. The third-order valence-corrected chi connectivity index (χ3v) is 5.52. The van der Waals surface area contributed by atoms with Gasteiger partial charge in [0.15, 0.2) is 12.5 Å². The molecule has 3 atom stereocenters. The number of benzene rings is 2. The zero-order valence-corrected chi connectivity index (χ0v) is 15.7. The molecular formula is C16H16INO5S. The van der Waals surface area contributed by atoms with E-state index >= 15 is 0 Å². The van der Waals surface area contributed by atoms with Crippen molar-refractivity contribution < 1.29 is 22.1 Å². The number of nitrogens with one attached hydrogen (secondary N) is 1. The first-order valence-electron chi connectivity index (χ1n) is 7.18. The van der Waals surface area contributed by atoms with Crippen molar-refractivity contribution in [2.75, 3.05) is 7.11 Å². The minimum atomic E-state index is -3.92. The number of rotatable bonds is 5. The maximum Gasteiger partial charge on any atom is 0.337 e. The van der Waals surface area contributed by atoms with E-state index in [-0.39, 0.29) is 0 Å². The molecule has 1 N–H and O–H groups in total. The summed E-state index contributed by atoms with van der Waals surface area (Å²) in [6, 6.07) is 17.0. The maximum atomic E-state index is 11.8. The van der Waals surface area contributed by atoms with Gasteiger partial charge < -0.3 is 9.47 Å². The smallest absolute Gasteiger partial charge is 0.336 e. The predicted molar refractivity (Wildman–Crippen MR) is 96.1 cm³/mol. The van der Waals surface area contributed by atoms with Gasteiger partial charge in [-0.1, -0.05) is 48.5 Å². The van der Waals surface area contributed by atoms with Crippen LogP contribution in [0.3, 0.4) is 0 Å². The van der Waals surface area contributed by atoms with Crippen molar-refractivity contribution >= 4 is 32.9 Å². The molecule has 1 aliphatic heterocycles. The van der Waals surface area contributed by atoms with Crippen LogP contribution in [0, 0.1) is 3.57 Å². The zero-order valence-electron chi connectivity index (χ0n) is 12.8. The summed E-state index contributed by atoms with van der Waals surface area (Å²) in [5, 5.41) is 0. The molecule has 24 heavy (non-hydrogen) atoms. The summed E-state index contributed by atoms with van der Waals surface area (Å²) < 4.78 is 43.2. The van der Waals surface area contributed by atoms with Crippen LogP contribution in [-0.4, -0.2) is 21.8 Å². The molecule has 0 amide bonds. The number of ether oxygens (including phenoxy) is 2. The average molecular weight is 461 g/mol. The summed E-state index contributed by atoms with van der Waals surface area (Å²) in [7, 11) is -2.83. The first-order valence-corrected chi connectivity index (χ1v) is 9.67. The lowest BCUT2D eigenvalue weighted by atomic mass is 10.1. The van der Waals surface area contributed by atoms with Gasteiger partial charge in [0.1, 0.15) is 6.10 Å². The van der Waals surface area contributed by atoms with Crippen molar-refractivity contribution in [3.8, 4) is 0 Å². The first-order chi connectivity index (χ1) is 11.5. The largest absolute Gasteiger partial charge is 0.337 e. The molecule has 0 aliphatic carbocycles. The summed E-state index contributed by atoms with van der Waals surface area (Å²) in [5.41, 5.74) is 1.66. The molecule has 1 unspecified atom stereocenters. The molecule has 0 radical (unpaired) electrons. The Balaban J connectivity index is 1.92. The average Bonchev–Trinajstić information content (AvgIpc) is 2.99. The van der Waals surface area contributed by atoms with Crippen molar-refractivity contribution in [3.05, 3.63) is 69.3 Å². The van der Waals surface area contributed by atoms with Gasteiger partial charge in [-0.3, -0.25) is 4.18 Å². The highest BCUT2D eigenvalue weighted by atomic mass is 127. The summed E-state index contributed by atoms with van der Waals surface area (Å²) in [6.45, 7) is 0. The summed E-state index contributed by atoms with van der Waals surface area (Å²) in [4.78, 5) is 0. The van der Waals surface area contributed by atoms with Crippen molar-refractivity contribution in [2.45, 2.75) is 18.6 Å². The van der Waals surface area contributed by atoms with E-state index in [9.17, 15) is 8.42 Å². The fourth-order valence-corrected chi connectivity index (χ4v) is 3.68. The van der Waals surface area contributed by atoms with Crippen molar-refractivity contribution in [3.63, 3.8) is 0 Å². The molecule has 3 rings (SSSR count). The molecule has 1 heterocycles. The van der Waals surface area contributed by atoms with Crippen LogP contribution in [0.1, 0.15) is 23.5 Å². The maximum absolute atomic E-state index is 11.8. The topological polar surface area (TPSA) is 73.9 Å². The van der Waals surface area contributed by atoms with Crippen molar-refractivity contribution in [1.29, 1.82) is 0 Å². The fraction of sp³-hybridized carbons (Fsp3) is 0.250. The normalized spacial score (nSPS) is 24.2. The molecule has 1 aliphatic rings. The fourth-order valence-electron chi connectivity index (χ4n) is 2.43.